The van der Waals surface area contributed by atoms with Gasteiger partial charge in [-0.05, 0) is 18.6 Å². The number of rotatable bonds is 3. The third-order valence-corrected chi connectivity index (χ3v) is 2.89. The van der Waals surface area contributed by atoms with Crippen molar-refractivity contribution in [2.24, 2.45) is 0 Å². The van der Waals surface area contributed by atoms with E-state index in [9.17, 15) is 14.0 Å². The molecular formula is C13H12FNO2. The zero-order valence-electron chi connectivity index (χ0n) is 9.44. The van der Waals surface area contributed by atoms with Crippen molar-refractivity contribution in [2.45, 2.75) is 19.4 Å². The number of benzene rings is 1. The number of hydrogen-bond donors (Lipinski definition) is 0. The van der Waals surface area contributed by atoms with Crippen LogP contribution in [0.2, 0.25) is 0 Å². The van der Waals surface area contributed by atoms with E-state index in [-0.39, 0.29) is 0 Å². The molecule has 1 atom stereocenters. The molecule has 2 rings (SSSR count). The molecule has 1 aromatic rings. The van der Waals surface area contributed by atoms with Crippen molar-refractivity contribution < 1.29 is 14.0 Å². The van der Waals surface area contributed by atoms with Gasteiger partial charge in [0.05, 0.1) is 17.2 Å². The number of amides is 2. The van der Waals surface area contributed by atoms with Crippen LogP contribution < -0.4 is 0 Å². The molecule has 0 bridgehead atoms. The van der Waals surface area contributed by atoms with E-state index in [1.165, 1.54) is 0 Å². The summed E-state index contributed by atoms with van der Waals surface area (Å²) in [5, 5.41) is 0. The Labute approximate surface area is 98.5 Å². The van der Waals surface area contributed by atoms with Gasteiger partial charge >= 0.3 is 0 Å². The fourth-order valence-electron chi connectivity index (χ4n) is 2.04. The van der Waals surface area contributed by atoms with Crippen LogP contribution in [0.15, 0.2) is 36.7 Å². The second-order valence-electron chi connectivity index (χ2n) is 3.90. The second kappa shape index (κ2) is 4.13. The number of halogens is 1. The average molecular weight is 233 g/mol. The molecule has 3 nitrogen and oxygen atoms in total. The summed E-state index contributed by atoms with van der Waals surface area (Å²) in [6.07, 6.45) is 0.320. The molecule has 17 heavy (non-hydrogen) atoms. The monoisotopic (exact) mass is 233 g/mol. The van der Waals surface area contributed by atoms with Crippen LogP contribution in [0.5, 0.6) is 0 Å². The highest BCUT2D eigenvalue weighted by molar-refractivity contribution is 6.21. The summed E-state index contributed by atoms with van der Waals surface area (Å²) in [4.78, 5) is 25.0. The van der Waals surface area contributed by atoms with Gasteiger partial charge in [0.1, 0.15) is 5.83 Å². The molecule has 4 heteroatoms. The molecular weight excluding hydrogens is 221 g/mol. The zero-order valence-corrected chi connectivity index (χ0v) is 9.44. The molecule has 0 saturated carbocycles. The number of imide groups is 1. The molecule has 1 aliphatic heterocycles. The maximum absolute atomic E-state index is 13.2. The summed E-state index contributed by atoms with van der Waals surface area (Å²) in [7, 11) is 0. The number of nitrogens with zero attached hydrogens (tertiary/aromatic N) is 1. The van der Waals surface area contributed by atoms with Gasteiger partial charge in [0, 0.05) is 0 Å². The van der Waals surface area contributed by atoms with Crippen molar-refractivity contribution in [2.75, 3.05) is 0 Å². The van der Waals surface area contributed by atoms with Crippen LogP contribution in [0.4, 0.5) is 4.39 Å². The first-order valence-corrected chi connectivity index (χ1v) is 5.39. The van der Waals surface area contributed by atoms with Crippen LogP contribution in [0.25, 0.3) is 0 Å². The lowest BCUT2D eigenvalue weighted by atomic mass is 10.1. The molecule has 1 aromatic carbocycles. The summed E-state index contributed by atoms with van der Waals surface area (Å²) in [5.41, 5.74) is 0.661. The summed E-state index contributed by atoms with van der Waals surface area (Å²) in [6.45, 7) is 4.90. The smallest absolute Gasteiger partial charge is 0.262 e. The normalized spacial score (nSPS) is 16.0. The molecule has 88 valence electrons. The SMILES string of the molecule is C=C(F)C(CC)N1C(=O)c2ccccc2C1=O. The maximum atomic E-state index is 13.2. The Morgan fingerprint density at radius 2 is 1.76 bits per heavy atom. The van der Waals surface area contributed by atoms with Crippen molar-refractivity contribution >= 4 is 11.8 Å². The van der Waals surface area contributed by atoms with Crippen LogP contribution in [0, 0.1) is 0 Å². The molecule has 0 fully saturated rings. The summed E-state index contributed by atoms with van der Waals surface area (Å²) in [6, 6.07) is 5.63. The Bertz CT molecular complexity index is 475. The van der Waals surface area contributed by atoms with Crippen LogP contribution in [0.3, 0.4) is 0 Å². The van der Waals surface area contributed by atoms with Crippen molar-refractivity contribution in [1.82, 2.24) is 4.90 Å². The summed E-state index contributed by atoms with van der Waals surface area (Å²) < 4.78 is 13.2. The predicted octanol–water partition coefficient (Wildman–Crippen LogP) is 2.54. The van der Waals surface area contributed by atoms with Crippen molar-refractivity contribution in [1.29, 1.82) is 0 Å². The Kier molecular flexibility index (Phi) is 2.79. The van der Waals surface area contributed by atoms with Crippen LogP contribution in [-0.2, 0) is 0 Å². The highest BCUT2D eigenvalue weighted by Crippen LogP contribution is 2.27. The third kappa shape index (κ3) is 1.65. The third-order valence-electron chi connectivity index (χ3n) is 2.89. The van der Waals surface area contributed by atoms with Gasteiger partial charge in [-0.1, -0.05) is 25.6 Å². The average Bonchev–Trinajstić information content (AvgIpc) is 2.56. The molecule has 2 amide bonds. The molecule has 0 radical (unpaired) electrons. The maximum Gasteiger partial charge on any atom is 0.262 e. The first kappa shape index (κ1) is 11.5. The van der Waals surface area contributed by atoms with Gasteiger partial charge in [-0.2, -0.15) is 0 Å². The number of carbonyl (C=O) groups excluding carboxylic acids is 2. The van der Waals surface area contributed by atoms with E-state index >= 15 is 0 Å². The van der Waals surface area contributed by atoms with E-state index in [1.807, 2.05) is 0 Å². The van der Waals surface area contributed by atoms with Crippen LogP contribution in [0.1, 0.15) is 34.1 Å². The Morgan fingerprint density at radius 1 is 1.29 bits per heavy atom. The number of hydrogen-bond acceptors (Lipinski definition) is 2. The van der Waals surface area contributed by atoms with Gasteiger partial charge in [0.25, 0.3) is 11.8 Å². The highest BCUT2D eigenvalue weighted by atomic mass is 19.1. The standard InChI is InChI=1S/C13H12FNO2/c1-3-11(8(2)14)15-12(16)9-6-4-5-7-10(9)13(15)17/h4-7,11H,2-3H2,1H3. The molecule has 0 saturated heterocycles. The Morgan fingerprint density at radius 3 is 2.12 bits per heavy atom. The Hall–Kier alpha value is -1.97. The minimum Gasteiger partial charge on any atom is -0.269 e. The van der Waals surface area contributed by atoms with Crippen molar-refractivity contribution in [3.63, 3.8) is 0 Å². The predicted molar refractivity (Wildman–Crippen MR) is 61.3 cm³/mol. The van der Waals surface area contributed by atoms with Gasteiger partial charge in [-0.25, -0.2) is 4.39 Å². The number of carbonyl (C=O) groups is 2. The minimum absolute atomic E-state index is 0.320. The van der Waals surface area contributed by atoms with E-state index in [1.54, 1.807) is 31.2 Å². The minimum atomic E-state index is -0.873. The topological polar surface area (TPSA) is 37.4 Å². The molecule has 0 aromatic heterocycles. The molecule has 1 aliphatic rings. The first-order chi connectivity index (χ1) is 8.07. The van der Waals surface area contributed by atoms with E-state index in [0.717, 1.165) is 4.90 Å². The molecule has 0 N–H and O–H groups in total. The van der Waals surface area contributed by atoms with E-state index in [2.05, 4.69) is 6.58 Å². The molecule has 1 heterocycles. The lowest BCUT2D eigenvalue weighted by Crippen LogP contribution is -2.39. The van der Waals surface area contributed by atoms with Crippen LogP contribution >= 0.6 is 0 Å². The van der Waals surface area contributed by atoms with Gasteiger partial charge in [0.2, 0.25) is 0 Å². The van der Waals surface area contributed by atoms with E-state index in [0.29, 0.717) is 17.5 Å². The van der Waals surface area contributed by atoms with Crippen LogP contribution in [-0.4, -0.2) is 22.8 Å². The van der Waals surface area contributed by atoms with E-state index in [4.69, 9.17) is 0 Å². The lowest BCUT2D eigenvalue weighted by Gasteiger charge is -2.22. The fourth-order valence-corrected chi connectivity index (χ4v) is 2.04. The van der Waals surface area contributed by atoms with Gasteiger partial charge in [-0.3, -0.25) is 14.5 Å². The zero-order chi connectivity index (χ0) is 12.6. The molecule has 0 aliphatic carbocycles. The second-order valence-corrected chi connectivity index (χ2v) is 3.90. The number of fused-ring (bicyclic) bond motifs is 1. The quantitative estimate of drug-likeness (QED) is 0.752. The fraction of sp³-hybridized carbons (Fsp3) is 0.231. The lowest BCUT2D eigenvalue weighted by molar-refractivity contribution is 0.0589. The van der Waals surface area contributed by atoms with Crippen molar-refractivity contribution in [3.05, 3.63) is 47.8 Å². The highest BCUT2D eigenvalue weighted by Gasteiger charge is 2.40. The summed E-state index contributed by atoms with van der Waals surface area (Å²) >= 11 is 0. The van der Waals surface area contributed by atoms with Gasteiger partial charge < -0.3 is 0 Å². The Balaban J connectivity index is 2.46. The van der Waals surface area contributed by atoms with Gasteiger partial charge in [-0.15, -0.1) is 0 Å². The molecule has 1 unspecified atom stereocenters. The first-order valence-electron chi connectivity index (χ1n) is 5.39. The van der Waals surface area contributed by atoms with Crippen molar-refractivity contribution in [3.8, 4) is 0 Å². The largest absolute Gasteiger partial charge is 0.269 e. The van der Waals surface area contributed by atoms with Gasteiger partial charge in [0.15, 0.2) is 0 Å². The van der Waals surface area contributed by atoms with E-state index < -0.39 is 23.7 Å². The summed E-state index contributed by atoms with van der Waals surface area (Å²) in [5.74, 6) is -1.56. The molecule has 0 spiro atoms.